The minimum Gasteiger partial charge on any atom is -0.481 e. The van der Waals surface area contributed by atoms with Crippen molar-refractivity contribution in [1.29, 1.82) is 0 Å². The fourth-order valence-corrected chi connectivity index (χ4v) is 8.12. The number of H-pyrrole nitrogens is 1. The number of aromatic nitrogens is 4. The van der Waals surface area contributed by atoms with Crippen LogP contribution in [0.4, 0.5) is 19.0 Å². The zero-order valence-electron chi connectivity index (χ0n) is 29.1. The first-order valence-corrected chi connectivity index (χ1v) is 17.6. The molecule has 1 unspecified atom stereocenters. The van der Waals surface area contributed by atoms with Crippen molar-refractivity contribution in [3.63, 3.8) is 0 Å². The maximum absolute atomic E-state index is 14.0. The number of carbonyl (C=O) groups is 1. The molecule has 51 heavy (non-hydrogen) atoms. The fourth-order valence-electron chi connectivity index (χ4n) is 8.12. The van der Waals surface area contributed by atoms with Crippen LogP contribution in [0.5, 0.6) is 5.75 Å². The van der Waals surface area contributed by atoms with E-state index >= 15 is 0 Å². The van der Waals surface area contributed by atoms with Crippen LogP contribution in [0, 0.1) is 12.3 Å². The molecule has 0 radical (unpaired) electrons. The molecule has 1 amide bonds. The molecule has 1 atom stereocenters. The molecular weight excluding hydrogens is 659 g/mol. The van der Waals surface area contributed by atoms with Crippen LogP contribution in [0.3, 0.4) is 0 Å². The first-order valence-electron chi connectivity index (χ1n) is 17.6. The molecule has 13 heteroatoms. The number of hydrogen-bond donors (Lipinski definition) is 2. The van der Waals surface area contributed by atoms with Crippen LogP contribution < -0.4 is 9.64 Å². The summed E-state index contributed by atoms with van der Waals surface area (Å²) < 4.78 is 47.8. The van der Waals surface area contributed by atoms with Crippen LogP contribution in [-0.4, -0.2) is 106 Å². The Bertz CT molecular complexity index is 1970. The highest BCUT2D eigenvalue weighted by Crippen LogP contribution is 2.48. The van der Waals surface area contributed by atoms with E-state index in [0.29, 0.717) is 65.4 Å². The van der Waals surface area contributed by atoms with Gasteiger partial charge in [0.15, 0.2) is 12.4 Å². The van der Waals surface area contributed by atoms with E-state index in [1.165, 1.54) is 6.08 Å². The van der Waals surface area contributed by atoms with Gasteiger partial charge in [0.2, 0.25) is 5.91 Å². The fraction of sp³-hybridized carbons (Fsp3) is 0.474. The Morgan fingerprint density at radius 1 is 1.12 bits per heavy atom. The summed E-state index contributed by atoms with van der Waals surface area (Å²) in [5.74, 6) is 1.19. The van der Waals surface area contributed by atoms with E-state index in [1.54, 1.807) is 12.3 Å². The lowest BCUT2D eigenvalue weighted by molar-refractivity contribution is -0.153. The minimum atomic E-state index is -4.59. The summed E-state index contributed by atoms with van der Waals surface area (Å²) in [6, 6.07) is 5.76. The molecule has 0 saturated carbocycles. The van der Waals surface area contributed by atoms with Crippen molar-refractivity contribution in [2.24, 2.45) is 5.41 Å². The van der Waals surface area contributed by atoms with Crippen LogP contribution >= 0.6 is 0 Å². The number of anilines is 1. The first kappa shape index (κ1) is 34.9. The third-order valence-corrected chi connectivity index (χ3v) is 11.1. The van der Waals surface area contributed by atoms with Gasteiger partial charge in [-0.05, 0) is 87.5 Å². The van der Waals surface area contributed by atoms with E-state index in [4.69, 9.17) is 14.7 Å². The molecule has 3 aliphatic rings. The summed E-state index contributed by atoms with van der Waals surface area (Å²) in [5, 5.41) is 18.3. The molecule has 0 aliphatic carbocycles. The number of nitrogens with one attached hydrogen (secondary N) is 1. The van der Waals surface area contributed by atoms with Crippen molar-refractivity contribution in [3.05, 3.63) is 60.6 Å². The average molecular weight is 704 g/mol. The molecule has 2 aromatic heterocycles. The van der Waals surface area contributed by atoms with Crippen LogP contribution in [0.1, 0.15) is 55.5 Å². The number of benzene rings is 2. The van der Waals surface area contributed by atoms with Gasteiger partial charge in [-0.1, -0.05) is 25.3 Å². The summed E-state index contributed by atoms with van der Waals surface area (Å²) in [7, 11) is 0. The average Bonchev–Trinajstić information content (AvgIpc) is 3.60. The summed E-state index contributed by atoms with van der Waals surface area (Å²) in [4.78, 5) is 28.8. The Balaban J connectivity index is 1.38. The topological polar surface area (TPSA) is 111 Å². The van der Waals surface area contributed by atoms with Gasteiger partial charge in [-0.15, -0.1) is 0 Å². The van der Waals surface area contributed by atoms with Crippen LogP contribution in [-0.2, 0) is 4.79 Å². The van der Waals surface area contributed by atoms with Gasteiger partial charge < -0.3 is 19.6 Å². The second-order valence-corrected chi connectivity index (χ2v) is 14.4. The number of piperidine rings is 2. The van der Waals surface area contributed by atoms with E-state index in [0.717, 1.165) is 55.2 Å². The van der Waals surface area contributed by atoms with Gasteiger partial charge in [0.1, 0.15) is 17.2 Å². The Kier molecular flexibility index (Phi) is 9.30. The summed E-state index contributed by atoms with van der Waals surface area (Å²) in [5.41, 5.74) is 3.72. The van der Waals surface area contributed by atoms with Crippen molar-refractivity contribution in [2.75, 3.05) is 57.4 Å². The molecule has 7 rings (SSSR count). The molecule has 10 nitrogen and oxygen atoms in total. The number of fused-ring (bicyclic) bond motifs is 2. The number of nitrogens with zero attached hydrogens (tertiary/aromatic N) is 6. The van der Waals surface area contributed by atoms with Crippen LogP contribution in [0.15, 0.2) is 43.6 Å². The Morgan fingerprint density at radius 2 is 1.84 bits per heavy atom. The molecule has 0 bridgehead atoms. The molecule has 3 fully saturated rings. The number of alkyl halides is 3. The van der Waals surface area contributed by atoms with Crippen LogP contribution in [0.2, 0.25) is 0 Å². The van der Waals surface area contributed by atoms with Crippen molar-refractivity contribution >= 4 is 39.6 Å². The highest BCUT2D eigenvalue weighted by molar-refractivity contribution is 6.07. The number of hydrogen-bond acceptors (Lipinski definition) is 8. The van der Waals surface area contributed by atoms with E-state index < -0.39 is 12.8 Å². The SMILES string of the molecule is C=CC(=O)N1CC2(CCN(c3nc(C4CCN(C(C)CO)CC4)nc4c(OCC(F)(F)F)c(-c5c(C)ccc6[nH]ncc56)c(C=C)cc34)CC2)C1. The highest BCUT2D eigenvalue weighted by Gasteiger charge is 2.46. The summed E-state index contributed by atoms with van der Waals surface area (Å²) >= 11 is 0. The zero-order valence-corrected chi connectivity index (χ0v) is 29.1. The monoisotopic (exact) mass is 703 g/mol. The molecular formula is C38H44F3N7O3. The van der Waals surface area contributed by atoms with E-state index in [1.807, 2.05) is 36.9 Å². The number of rotatable bonds is 9. The quantitative estimate of drug-likeness (QED) is 0.197. The number of carbonyl (C=O) groups excluding carboxylic acids is 1. The van der Waals surface area contributed by atoms with Gasteiger partial charge in [0, 0.05) is 59.9 Å². The minimum absolute atomic E-state index is 0.0261. The van der Waals surface area contributed by atoms with Crippen molar-refractivity contribution in [2.45, 2.75) is 57.7 Å². The standard InChI is InChI=1S/C38H44F3N7O3/c1-5-25-17-27-33(34(51-22-38(39,40)41)32(25)31-23(3)7-8-29-28(31)18-42-45-29)43-35(26-9-13-46(14-10-26)24(4)19-49)44-36(27)47-15-11-37(12-16-47)20-48(21-37)30(50)6-2/h5-8,17-18,24,26,49H,1-2,9-16,19-22H2,3-4H3,(H,42,45). The third kappa shape index (κ3) is 6.57. The van der Waals surface area contributed by atoms with Crippen molar-refractivity contribution < 1.29 is 27.8 Å². The largest absolute Gasteiger partial charge is 0.481 e. The molecule has 270 valence electrons. The van der Waals surface area contributed by atoms with E-state index in [9.17, 15) is 23.1 Å². The van der Waals surface area contributed by atoms with E-state index in [-0.39, 0.29) is 35.6 Å². The Hall–Kier alpha value is -4.49. The number of likely N-dealkylation sites (tertiary alicyclic amines) is 2. The third-order valence-electron chi connectivity index (χ3n) is 11.1. The predicted octanol–water partition coefficient (Wildman–Crippen LogP) is 6.24. The van der Waals surface area contributed by atoms with Gasteiger partial charge in [0.25, 0.3) is 0 Å². The highest BCUT2D eigenvalue weighted by atomic mass is 19.4. The van der Waals surface area contributed by atoms with Gasteiger partial charge >= 0.3 is 6.18 Å². The molecule has 5 heterocycles. The van der Waals surface area contributed by atoms with Crippen LogP contribution in [0.25, 0.3) is 39.0 Å². The first-order chi connectivity index (χ1) is 24.4. The summed E-state index contributed by atoms with van der Waals surface area (Å²) in [6.45, 7) is 14.4. The molecule has 2 aromatic carbocycles. The Morgan fingerprint density at radius 3 is 2.49 bits per heavy atom. The normalized spacial score (nSPS) is 19.0. The number of aromatic amines is 1. The van der Waals surface area contributed by atoms with Gasteiger partial charge in [-0.2, -0.15) is 18.3 Å². The van der Waals surface area contributed by atoms with Gasteiger partial charge in [0.05, 0.1) is 18.3 Å². The maximum atomic E-state index is 14.0. The molecule has 3 saturated heterocycles. The number of aliphatic hydroxyl groups is 1. The lowest BCUT2D eigenvalue weighted by Gasteiger charge is -2.54. The van der Waals surface area contributed by atoms with Crippen molar-refractivity contribution in [1.82, 2.24) is 30.0 Å². The smallest absolute Gasteiger partial charge is 0.422 e. The lowest BCUT2D eigenvalue weighted by atomic mass is 9.72. The molecule has 3 aliphatic heterocycles. The predicted molar refractivity (Wildman–Crippen MR) is 192 cm³/mol. The number of aliphatic hydroxyl groups excluding tert-OH is 1. The maximum Gasteiger partial charge on any atom is 0.422 e. The molecule has 2 N–H and O–H groups in total. The molecule has 1 spiro atoms. The van der Waals surface area contributed by atoms with E-state index in [2.05, 4.69) is 33.2 Å². The number of ether oxygens (including phenoxy) is 1. The second-order valence-electron chi connectivity index (χ2n) is 14.4. The van der Waals surface area contributed by atoms with Gasteiger partial charge in [-0.25, -0.2) is 9.97 Å². The lowest BCUT2D eigenvalue weighted by Crippen LogP contribution is -2.61. The number of aryl methyl sites for hydroxylation is 1. The Labute approximate surface area is 295 Å². The summed E-state index contributed by atoms with van der Waals surface area (Å²) in [6.07, 6.45) is 3.26. The second kappa shape index (κ2) is 13.6. The number of amides is 1. The van der Waals surface area contributed by atoms with Gasteiger partial charge in [-0.3, -0.25) is 14.8 Å². The van der Waals surface area contributed by atoms with Crippen molar-refractivity contribution in [3.8, 4) is 16.9 Å². The number of halogens is 3. The molecule has 4 aromatic rings. The zero-order chi connectivity index (χ0) is 36.1.